The molecule has 0 spiro atoms. The number of nitrogens with one attached hydrogen (secondary N) is 1. The second-order valence-electron chi connectivity index (χ2n) is 4.76. The van der Waals surface area contributed by atoms with Crippen molar-refractivity contribution >= 4 is 39.2 Å². The van der Waals surface area contributed by atoms with Crippen LogP contribution in [0.1, 0.15) is 33.1 Å². The normalized spacial score (nSPS) is 11.8. The van der Waals surface area contributed by atoms with Gasteiger partial charge in [0, 0.05) is 17.0 Å². The quantitative estimate of drug-likeness (QED) is 0.726. The lowest BCUT2D eigenvalue weighted by Gasteiger charge is -2.16. The van der Waals surface area contributed by atoms with Gasteiger partial charge in [-0.05, 0) is 28.1 Å². The van der Waals surface area contributed by atoms with Crippen molar-refractivity contribution in [2.75, 3.05) is 14.2 Å². The van der Waals surface area contributed by atoms with Crippen LogP contribution >= 0.6 is 27.3 Å². The Morgan fingerprint density at radius 1 is 1.33 bits per heavy atom. The summed E-state index contributed by atoms with van der Waals surface area (Å²) in [6.07, 6.45) is 0.914. The maximum Gasteiger partial charge on any atom is 0.343 e. The van der Waals surface area contributed by atoms with Gasteiger partial charge in [-0.1, -0.05) is 0 Å². The molecule has 2 heterocycles. The van der Waals surface area contributed by atoms with Gasteiger partial charge in [0.05, 0.1) is 30.0 Å². The van der Waals surface area contributed by atoms with Crippen LogP contribution < -0.4 is 5.56 Å². The summed E-state index contributed by atoms with van der Waals surface area (Å²) in [7, 11) is 2.40. The summed E-state index contributed by atoms with van der Waals surface area (Å²) >= 11 is 4.63. The van der Waals surface area contributed by atoms with Crippen LogP contribution in [0.4, 0.5) is 0 Å². The van der Waals surface area contributed by atoms with Gasteiger partial charge >= 0.3 is 11.9 Å². The number of ether oxygens (including phenoxy) is 2. The molecule has 0 aromatic carbocycles. The standard InChI is InChI=1S/C15H14BrNO6S/c1-22-11(18)5-7(9-3-4-10(16)24-9)12-13(19)8(15(21)23-2)6-17-14(12)20/h3-4,6-7H,5H2,1-2H3,(H2,17,19,20). The van der Waals surface area contributed by atoms with Gasteiger partial charge in [0.1, 0.15) is 11.3 Å². The Hall–Kier alpha value is -2.13. The molecule has 1 unspecified atom stereocenters. The number of aromatic nitrogens is 1. The maximum atomic E-state index is 12.3. The summed E-state index contributed by atoms with van der Waals surface area (Å²) in [6.45, 7) is 0. The lowest BCUT2D eigenvalue weighted by Crippen LogP contribution is -2.21. The summed E-state index contributed by atoms with van der Waals surface area (Å²) in [5, 5.41) is 10.4. The minimum Gasteiger partial charge on any atom is -0.506 e. The molecule has 0 aliphatic rings. The Kier molecular flexibility index (Phi) is 5.79. The second-order valence-corrected chi connectivity index (χ2v) is 7.25. The smallest absolute Gasteiger partial charge is 0.343 e. The number of carbonyl (C=O) groups excluding carboxylic acids is 2. The molecule has 2 aromatic heterocycles. The summed E-state index contributed by atoms with van der Waals surface area (Å²) < 4.78 is 10.1. The van der Waals surface area contributed by atoms with Gasteiger partial charge in [0.2, 0.25) is 0 Å². The Labute approximate surface area is 149 Å². The number of esters is 2. The van der Waals surface area contributed by atoms with Crippen LogP contribution in [0.25, 0.3) is 0 Å². The van der Waals surface area contributed by atoms with E-state index in [9.17, 15) is 19.5 Å². The monoisotopic (exact) mass is 415 g/mol. The Morgan fingerprint density at radius 3 is 2.58 bits per heavy atom. The molecule has 0 bridgehead atoms. The lowest BCUT2D eigenvalue weighted by atomic mass is 9.93. The highest BCUT2D eigenvalue weighted by Gasteiger charge is 2.29. The van der Waals surface area contributed by atoms with Crippen molar-refractivity contribution in [3.05, 3.63) is 48.5 Å². The molecule has 0 amide bonds. The van der Waals surface area contributed by atoms with Crippen LogP contribution in [-0.4, -0.2) is 36.2 Å². The molecule has 0 aliphatic carbocycles. The number of aromatic hydroxyl groups is 1. The fourth-order valence-electron chi connectivity index (χ4n) is 2.24. The highest BCUT2D eigenvalue weighted by molar-refractivity contribution is 9.11. The summed E-state index contributed by atoms with van der Waals surface area (Å²) in [4.78, 5) is 38.8. The third-order valence-electron chi connectivity index (χ3n) is 3.39. The third kappa shape index (κ3) is 3.68. The topological polar surface area (TPSA) is 106 Å². The first kappa shape index (κ1) is 18.2. The Morgan fingerprint density at radius 2 is 2.04 bits per heavy atom. The minimum absolute atomic E-state index is 0.0855. The molecule has 0 aliphatic heterocycles. The van der Waals surface area contributed by atoms with E-state index in [1.165, 1.54) is 18.4 Å². The van der Waals surface area contributed by atoms with Crippen molar-refractivity contribution in [1.82, 2.24) is 4.98 Å². The van der Waals surface area contributed by atoms with Crippen LogP contribution in [0.2, 0.25) is 0 Å². The average molecular weight is 416 g/mol. The summed E-state index contributed by atoms with van der Waals surface area (Å²) in [5.41, 5.74) is -0.867. The molecular formula is C15H14BrNO6S. The first-order valence-electron chi connectivity index (χ1n) is 6.74. The summed E-state index contributed by atoms with van der Waals surface area (Å²) in [6, 6.07) is 3.49. The number of aromatic amines is 1. The number of thiophene rings is 1. The zero-order chi connectivity index (χ0) is 17.9. The molecule has 0 saturated heterocycles. The largest absolute Gasteiger partial charge is 0.506 e. The van der Waals surface area contributed by atoms with Crippen LogP contribution in [-0.2, 0) is 14.3 Å². The van der Waals surface area contributed by atoms with Gasteiger partial charge in [-0.3, -0.25) is 9.59 Å². The van der Waals surface area contributed by atoms with E-state index in [0.717, 1.165) is 17.1 Å². The fraction of sp³-hybridized carbons (Fsp3) is 0.267. The predicted molar refractivity (Wildman–Crippen MR) is 90.6 cm³/mol. The first-order chi connectivity index (χ1) is 11.4. The zero-order valence-corrected chi connectivity index (χ0v) is 15.2. The van der Waals surface area contributed by atoms with Crippen molar-refractivity contribution < 1.29 is 24.2 Å². The third-order valence-corrected chi connectivity index (χ3v) is 5.13. The second kappa shape index (κ2) is 7.63. The molecule has 2 N–H and O–H groups in total. The Bertz CT molecular complexity index is 828. The molecule has 24 heavy (non-hydrogen) atoms. The molecule has 9 heteroatoms. The summed E-state index contributed by atoms with van der Waals surface area (Å²) in [5.74, 6) is -2.62. The molecular weight excluding hydrogens is 402 g/mol. The van der Waals surface area contributed by atoms with Gasteiger partial charge < -0.3 is 19.6 Å². The SMILES string of the molecule is COC(=O)CC(c1ccc(Br)s1)c1c(O)c(C(=O)OC)c[nH]c1=O. The van der Waals surface area contributed by atoms with Gasteiger partial charge in [-0.25, -0.2) is 4.79 Å². The van der Waals surface area contributed by atoms with Crippen LogP contribution in [0.3, 0.4) is 0 Å². The number of hydrogen-bond donors (Lipinski definition) is 2. The number of hydrogen-bond acceptors (Lipinski definition) is 7. The lowest BCUT2D eigenvalue weighted by molar-refractivity contribution is -0.140. The predicted octanol–water partition coefficient (Wildman–Crippen LogP) is 2.39. The van der Waals surface area contributed by atoms with Crippen LogP contribution in [0, 0.1) is 0 Å². The first-order valence-corrected chi connectivity index (χ1v) is 8.34. The average Bonchev–Trinajstić information content (AvgIpc) is 2.99. The highest BCUT2D eigenvalue weighted by Crippen LogP contribution is 2.38. The molecule has 7 nitrogen and oxygen atoms in total. The van der Waals surface area contributed by atoms with Gasteiger partial charge in [0.25, 0.3) is 5.56 Å². The van der Waals surface area contributed by atoms with Crippen LogP contribution in [0.5, 0.6) is 5.75 Å². The van der Waals surface area contributed by atoms with E-state index in [1.807, 2.05) is 0 Å². The number of carbonyl (C=O) groups is 2. The molecule has 128 valence electrons. The Balaban J connectivity index is 2.63. The molecule has 2 rings (SSSR count). The van der Waals surface area contributed by atoms with Gasteiger partial charge in [0.15, 0.2) is 0 Å². The molecule has 2 aromatic rings. The number of rotatable bonds is 5. The highest BCUT2D eigenvalue weighted by atomic mass is 79.9. The van der Waals surface area contributed by atoms with E-state index in [1.54, 1.807) is 12.1 Å². The number of H-pyrrole nitrogens is 1. The van der Waals surface area contributed by atoms with Crippen molar-refractivity contribution in [2.24, 2.45) is 0 Å². The van der Waals surface area contributed by atoms with Crippen molar-refractivity contribution in [3.63, 3.8) is 0 Å². The van der Waals surface area contributed by atoms with Crippen LogP contribution in [0.15, 0.2) is 26.9 Å². The molecule has 0 saturated carbocycles. The minimum atomic E-state index is -0.797. The fourth-order valence-corrected chi connectivity index (χ4v) is 3.77. The molecule has 0 radical (unpaired) electrons. The van der Waals surface area contributed by atoms with Crippen molar-refractivity contribution in [2.45, 2.75) is 12.3 Å². The number of methoxy groups -OCH3 is 2. The van der Waals surface area contributed by atoms with E-state index in [4.69, 9.17) is 0 Å². The van der Waals surface area contributed by atoms with Crippen molar-refractivity contribution in [3.8, 4) is 5.75 Å². The van der Waals surface area contributed by atoms with E-state index < -0.39 is 29.2 Å². The number of pyridine rings is 1. The molecule has 1 atom stereocenters. The van der Waals surface area contributed by atoms with Gasteiger partial charge in [-0.2, -0.15) is 0 Å². The zero-order valence-electron chi connectivity index (χ0n) is 12.8. The van der Waals surface area contributed by atoms with Gasteiger partial charge in [-0.15, -0.1) is 11.3 Å². The van der Waals surface area contributed by atoms with Crippen molar-refractivity contribution in [1.29, 1.82) is 0 Å². The van der Waals surface area contributed by atoms with E-state index >= 15 is 0 Å². The van der Waals surface area contributed by atoms with E-state index in [-0.39, 0.29) is 17.5 Å². The number of halogens is 1. The maximum absolute atomic E-state index is 12.3. The van der Waals surface area contributed by atoms with E-state index in [2.05, 4.69) is 30.4 Å². The molecule has 0 fully saturated rings. The van der Waals surface area contributed by atoms with E-state index in [0.29, 0.717) is 4.88 Å².